The lowest BCUT2D eigenvalue weighted by Gasteiger charge is -2.27. The fraction of sp³-hybridized carbons (Fsp3) is 0.625. The Bertz CT molecular complexity index is 382. The summed E-state index contributed by atoms with van der Waals surface area (Å²) >= 11 is 0. The summed E-state index contributed by atoms with van der Waals surface area (Å²) in [4.78, 5) is 0. The lowest BCUT2D eigenvalue weighted by atomic mass is 9.88. The summed E-state index contributed by atoms with van der Waals surface area (Å²) < 4.78 is 13.8. The molecule has 0 saturated heterocycles. The predicted octanol–water partition coefficient (Wildman–Crippen LogP) is 4.45. The number of benzene rings is 1. The molecule has 1 fully saturated rings. The highest BCUT2D eigenvalue weighted by Gasteiger charge is 2.29. The van der Waals surface area contributed by atoms with Crippen molar-refractivity contribution in [1.29, 1.82) is 0 Å². The molecule has 0 heterocycles. The maximum atomic E-state index is 13.8. The molecule has 1 nitrogen and oxygen atoms in total. The minimum Gasteiger partial charge on any atom is -0.309 e. The summed E-state index contributed by atoms with van der Waals surface area (Å²) in [6.07, 6.45) is 6.21. The van der Waals surface area contributed by atoms with Crippen LogP contribution < -0.4 is 5.32 Å². The molecule has 1 unspecified atom stereocenters. The van der Waals surface area contributed by atoms with E-state index >= 15 is 0 Å². The lowest BCUT2D eigenvalue weighted by molar-refractivity contribution is 0.293. The van der Waals surface area contributed by atoms with Crippen LogP contribution in [-0.2, 0) is 0 Å². The molecule has 1 atom stereocenters. The number of nitrogens with one attached hydrogen (secondary N) is 1. The molecule has 0 bridgehead atoms. The molecule has 0 radical (unpaired) electrons. The van der Waals surface area contributed by atoms with Gasteiger partial charge >= 0.3 is 0 Å². The van der Waals surface area contributed by atoms with E-state index in [1.807, 2.05) is 12.1 Å². The van der Waals surface area contributed by atoms with Gasteiger partial charge in [-0.1, -0.05) is 44.9 Å². The molecule has 1 aromatic carbocycles. The van der Waals surface area contributed by atoms with E-state index in [-0.39, 0.29) is 11.9 Å². The van der Waals surface area contributed by atoms with Crippen molar-refractivity contribution in [2.45, 2.75) is 52.0 Å². The first kappa shape index (κ1) is 13.5. The van der Waals surface area contributed by atoms with Crippen LogP contribution in [0.15, 0.2) is 24.3 Å². The van der Waals surface area contributed by atoms with Crippen LogP contribution in [0, 0.1) is 11.2 Å². The van der Waals surface area contributed by atoms with Gasteiger partial charge in [0.05, 0.1) is 0 Å². The third kappa shape index (κ3) is 3.11. The zero-order chi connectivity index (χ0) is 13.0. The van der Waals surface area contributed by atoms with Crippen molar-refractivity contribution in [2.24, 2.45) is 5.41 Å². The fourth-order valence-corrected chi connectivity index (χ4v) is 3.01. The highest BCUT2D eigenvalue weighted by Crippen LogP contribution is 2.37. The van der Waals surface area contributed by atoms with Crippen molar-refractivity contribution < 1.29 is 4.39 Å². The Morgan fingerprint density at radius 2 is 1.94 bits per heavy atom. The van der Waals surface area contributed by atoms with Crippen LogP contribution in [0.5, 0.6) is 0 Å². The van der Waals surface area contributed by atoms with Gasteiger partial charge in [-0.15, -0.1) is 0 Å². The molecule has 0 aromatic heterocycles. The van der Waals surface area contributed by atoms with Gasteiger partial charge in [-0.25, -0.2) is 4.39 Å². The van der Waals surface area contributed by atoms with Gasteiger partial charge in [0.1, 0.15) is 5.82 Å². The minimum absolute atomic E-state index is 0.0894. The zero-order valence-corrected chi connectivity index (χ0v) is 11.5. The van der Waals surface area contributed by atoms with E-state index in [2.05, 4.69) is 19.2 Å². The molecule has 2 heteroatoms. The Balaban J connectivity index is 1.99. The topological polar surface area (TPSA) is 12.0 Å². The van der Waals surface area contributed by atoms with Gasteiger partial charge in [0.25, 0.3) is 0 Å². The van der Waals surface area contributed by atoms with Crippen molar-refractivity contribution in [2.75, 3.05) is 6.54 Å². The van der Waals surface area contributed by atoms with E-state index < -0.39 is 0 Å². The maximum absolute atomic E-state index is 13.8. The molecule has 0 spiro atoms. The largest absolute Gasteiger partial charge is 0.309 e. The summed E-state index contributed by atoms with van der Waals surface area (Å²) in [5, 5.41) is 3.57. The standard InChI is InChI=1S/C16H24FN/c1-3-15(13-8-4-5-9-14(13)17)18-12-16(2)10-6-7-11-16/h4-5,8-9,15,18H,3,6-7,10-12H2,1-2H3. The van der Waals surface area contributed by atoms with E-state index in [0.717, 1.165) is 18.5 Å². The average Bonchev–Trinajstić information content (AvgIpc) is 2.79. The average molecular weight is 249 g/mol. The van der Waals surface area contributed by atoms with Crippen LogP contribution in [0.1, 0.15) is 57.6 Å². The molecule has 1 N–H and O–H groups in total. The van der Waals surface area contributed by atoms with Gasteiger partial charge < -0.3 is 5.32 Å². The molecular weight excluding hydrogens is 225 g/mol. The highest BCUT2D eigenvalue weighted by molar-refractivity contribution is 5.21. The molecule has 1 saturated carbocycles. The van der Waals surface area contributed by atoms with Crippen molar-refractivity contribution >= 4 is 0 Å². The van der Waals surface area contributed by atoms with Gasteiger partial charge in [-0.2, -0.15) is 0 Å². The number of rotatable bonds is 5. The van der Waals surface area contributed by atoms with Crippen LogP contribution in [0.25, 0.3) is 0 Å². The first-order valence-corrected chi connectivity index (χ1v) is 7.12. The van der Waals surface area contributed by atoms with Gasteiger partial charge in [0.15, 0.2) is 0 Å². The first-order chi connectivity index (χ1) is 8.64. The number of hydrogen-bond acceptors (Lipinski definition) is 1. The van der Waals surface area contributed by atoms with Crippen LogP contribution in [0.3, 0.4) is 0 Å². The van der Waals surface area contributed by atoms with E-state index in [4.69, 9.17) is 0 Å². The Kier molecular flexibility index (Phi) is 4.39. The Morgan fingerprint density at radius 1 is 1.28 bits per heavy atom. The van der Waals surface area contributed by atoms with Gasteiger partial charge in [-0.05, 0) is 30.7 Å². The van der Waals surface area contributed by atoms with Crippen molar-refractivity contribution in [3.63, 3.8) is 0 Å². The first-order valence-electron chi connectivity index (χ1n) is 7.12. The van der Waals surface area contributed by atoms with E-state index in [0.29, 0.717) is 5.41 Å². The molecule has 2 rings (SSSR count). The monoisotopic (exact) mass is 249 g/mol. The Morgan fingerprint density at radius 3 is 2.56 bits per heavy atom. The summed E-state index contributed by atoms with van der Waals surface area (Å²) in [6.45, 7) is 5.46. The Hall–Kier alpha value is -0.890. The third-order valence-electron chi connectivity index (χ3n) is 4.27. The van der Waals surface area contributed by atoms with Gasteiger partial charge in [-0.3, -0.25) is 0 Å². The molecule has 18 heavy (non-hydrogen) atoms. The third-order valence-corrected chi connectivity index (χ3v) is 4.27. The summed E-state index contributed by atoms with van der Waals surface area (Å²) in [6, 6.07) is 7.26. The molecule has 0 amide bonds. The minimum atomic E-state index is -0.0894. The van der Waals surface area contributed by atoms with Crippen molar-refractivity contribution in [3.05, 3.63) is 35.6 Å². The maximum Gasteiger partial charge on any atom is 0.127 e. The zero-order valence-electron chi connectivity index (χ0n) is 11.5. The molecule has 0 aliphatic heterocycles. The summed E-state index contributed by atoms with van der Waals surface area (Å²) in [7, 11) is 0. The van der Waals surface area contributed by atoms with Gasteiger partial charge in [0.2, 0.25) is 0 Å². The van der Waals surface area contributed by atoms with Crippen LogP contribution in [0.4, 0.5) is 4.39 Å². The lowest BCUT2D eigenvalue weighted by Crippen LogP contribution is -2.32. The van der Waals surface area contributed by atoms with E-state index in [9.17, 15) is 4.39 Å². The second-order valence-electron chi connectivity index (χ2n) is 5.88. The quantitative estimate of drug-likeness (QED) is 0.813. The molecule has 100 valence electrons. The fourth-order valence-electron chi connectivity index (χ4n) is 3.01. The molecule has 1 aliphatic carbocycles. The van der Waals surface area contributed by atoms with Crippen molar-refractivity contribution in [3.8, 4) is 0 Å². The van der Waals surface area contributed by atoms with E-state index in [1.54, 1.807) is 12.1 Å². The normalized spacial score (nSPS) is 19.9. The smallest absolute Gasteiger partial charge is 0.127 e. The van der Waals surface area contributed by atoms with Gasteiger partial charge in [0, 0.05) is 18.2 Å². The second kappa shape index (κ2) is 5.83. The van der Waals surface area contributed by atoms with Crippen molar-refractivity contribution in [1.82, 2.24) is 5.32 Å². The summed E-state index contributed by atoms with van der Waals surface area (Å²) in [5.74, 6) is -0.0894. The molecule has 1 aliphatic rings. The SMILES string of the molecule is CCC(NCC1(C)CCCC1)c1ccccc1F. The number of halogens is 1. The van der Waals surface area contributed by atoms with Crippen LogP contribution in [0.2, 0.25) is 0 Å². The molecular formula is C16H24FN. The number of hydrogen-bond donors (Lipinski definition) is 1. The molecule has 1 aromatic rings. The second-order valence-corrected chi connectivity index (χ2v) is 5.88. The van der Waals surface area contributed by atoms with E-state index in [1.165, 1.54) is 25.7 Å². The van der Waals surface area contributed by atoms with Crippen LogP contribution >= 0.6 is 0 Å². The predicted molar refractivity (Wildman–Crippen MR) is 74.0 cm³/mol. The summed E-state index contributed by atoms with van der Waals surface area (Å²) in [5.41, 5.74) is 1.22. The Labute approximate surface area is 110 Å². The van der Waals surface area contributed by atoms with Crippen LogP contribution in [-0.4, -0.2) is 6.54 Å². The highest BCUT2D eigenvalue weighted by atomic mass is 19.1.